The molecular weight excluding hydrogens is 253 g/mol. The Morgan fingerprint density at radius 1 is 1.44 bits per heavy atom. The van der Waals surface area contributed by atoms with Crippen molar-refractivity contribution in [3.05, 3.63) is 0 Å². The Hall–Kier alpha value is -1.73. The highest BCUT2D eigenvalue weighted by Crippen LogP contribution is 2.51. The first-order valence-electron chi connectivity index (χ1n) is 5.19. The van der Waals surface area contributed by atoms with Gasteiger partial charge in [-0.2, -0.15) is 13.2 Å². The molecule has 2 rings (SSSR count). The second kappa shape index (κ2) is 3.89. The molecule has 0 aliphatic heterocycles. The Bertz CT molecular complexity index is 449. The zero-order chi connectivity index (χ0) is 13.7. The Balaban J connectivity index is 2.30. The number of ketones is 1. The fraction of sp³-hybridized carbons (Fsp3) is 0.600. The Morgan fingerprint density at radius 2 is 2.06 bits per heavy atom. The number of hydrogen-bond acceptors (Lipinski definition) is 4. The number of aliphatic carboxylic acids is 1. The highest BCUT2D eigenvalue weighted by atomic mass is 19.4. The molecule has 8 heteroatoms. The second-order valence-corrected chi connectivity index (χ2v) is 4.33. The Morgan fingerprint density at radius 3 is 2.44 bits per heavy atom. The quantitative estimate of drug-likeness (QED) is 0.741. The van der Waals surface area contributed by atoms with E-state index in [9.17, 15) is 22.8 Å². The molecule has 3 atom stereocenters. The van der Waals surface area contributed by atoms with Crippen molar-refractivity contribution < 1.29 is 27.9 Å². The van der Waals surface area contributed by atoms with Crippen molar-refractivity contribution in [2.75, 3.05) is 6.54 Å². The van der Waals surface area contributed by atoms with E-state index in [1.165, 1.54) is 0 Å². The predicted molar refractivity (Wildman–Crippen MR) is 53.8 cm³/mol. The molecule has 0 aromatic carbocycles. The van der Waals surface area contributed by atoms with Crippen molar-refractivity contribution in [1.82, 2.24) is 0 Å². The summed E-state index contributed by atoms with van der Waals surface area (Å²) in [6, 6.07) is 0. The summed E-state index contributed by atoms with van der Waals surface area (Å²) in [6.45, 7) is -1.05. The van der Waals surface area contributed by atoms with Gasteiger partial charge >= 0.3 is 12.1 Å². The van der Waals surface area contributed by atoms with E-state index in [4.69, 9.17) is 10.5 Å². The number of rotatable bonds is 3. The molecule has 5 nitrogen and oxygen atoms in total. The van der Waals surface area contributed by atoms with Gasteiger partial charge in [0.1, 0.15) is 18.2 Å². The fourth-order valence-electron chi connectivity index (χ4n) is 2.21. The molecule has 0 aromatic rings. The van der Waals surface area contributed by atoms with E-state index in [0.29, 0.717) is 6.42 Å². The van der Waals surface area contributed by atoms with Gasteiger partial charge in [-0.05, 0) is 6.42 Å². The predicted octanol–water partition coefficient (Wildman–Crippen LogP) is 0.929. The third kappa shape index (κ3) is 2.02. The highest BCUT2D eigenvalue weighted by Gasteiger charge is 2.61. The maximum Gasteiger partial charge on any atom is 0.430 e. The van der Waals surface area contributed by atoms with Crippen LogP contribution in [0.1, 0.15) is 6.42 Å². The molecule has 0 amide bonds. The number of halogens is 3. The molecule has 0 spiro atoms. The van der Waals surface area contributed by atoms with Gasteiger partial charge in [0.05, 0.1) is 0 Å². The SMILES string of the molecule is N=C1C(C(=NCC(=O)O)C(F)(F)F)C(=O)C2CC12. The van der Waals surface area contributed by atoms with Crippen LogP contribution in [0.25, 0.3) is 0 Å². The van der Waals surface area contributed by atoms with Crippen LogP contribution in [-0.4, -0.2) is 41.0 Å². The van der Waals surface area contributed by atoms with Crippen molar-refractivity contribution in [1.29, 1.82) is 5.41 Å². The number of alkyl halides is 3. The first-order chi connectivity index (χ1) is 8.23. The van der Waals surface area contributed by atoms with E-state index >= 15 is 0 Å². The van der Waals surface area contributed by atoms with Crippen molar-refractivity contribution >= 4 is 23.2 Å². The molecule has 2 saturated carbocycles. The number of Topliss-reactive ketones (excluding diaryl/α,β-unsaturated/α-hetero) is 1. The average molecular weight is 262 g/mol. The van der Waals surface area contributed by atoms with E-state index < -0.39 is 47.9 Å². The number of carboxylic acid groups (broad SMARTS) is 1. The molecule has 2 aliphatic carbocycles. The zero-order valence-electron chi connectivity index (χ0n) is 8.99. The minimum absolute atomic E-state index is 0.286. The fourth-order valence-corrected chi connectivity index (χ4v) is 2.21. The van der Waals surface area contributed by atoms with Crippen molar-refractivity contribution in [2.45, 2.75) is 12.6 Å². The van der Waals surface area contributed by atoms with Crippen LogP contribution in [-0.2, 0) is 9.59 Å². The van der Waals surface area contributed by atoms with Crippen LogP contribution in [0, 0.1) is 23.2 Å². The molecule has 2 fully saturated rings. The Labute approximate surface area is 99.2 Å². The minimum atomic E-state index is -4.89. The summed E-state index contributed by atoms with van der Waals surface area (Å²) < 4.78 is 38.2. The van der Waals surface area contributed by atoms with E-state index in [1.807, 2.05) is 0 Å². The summed E-state index contributed by atoms with van der Waals surface area (Å²) >= 11 is 0. The molecule has 0 aromatic heterocycles. The maximum absolute atomic E-state index is 12.7. The molecular formula is C10H9F3N2O3. The highest BCUT2D eigenvalue weighted by molar-refractivity contribution is 6.30. The summed E-state index contributed by atoms with van der Waals surface area (Å²) in [5.74, 6) is -4.78. The maximum atomic E-state index is 12.7. The number of fused-ring (bicyclic) bond motifs is 1. The van der Waals surface area contributed by atoms with Gasteiger partial charge in [0.2, 0.25) is 0 Å². The van der Waals surface area contributed by atoms with E-state index in [0.717, 1.165) is 0 Å². The third-order valence-electron chi connectivity index (χ3n) is 3.10. The molecule has 2 N–H and O–H groups in total. The Kier molecular flexibility index (Phi) is 2.75. The van der Waals surface area contributed by atoms with E-state index in [1.54, 1.807) is 0 Å². The topological polar surface area (TPSA) is 90.6 Å². The smallest absolute Gasteiger partial charge is 0.430 e. The molecule has 0 saturated heterocycles. The monoisotopic (exact) mass is 262 g/mol. The van der Waals surface area contributed by atoms with Crippen molar-refractivity contribution in [3.63, 3.8) is 0 Å². The lowest BCUT2D eigenvalue weighted by atomic mass is 9.94. The van der Waals surface area contributed by atoms with Gasteiger partial charge in [-0.3, -0.25) is 14.6 Å². The number of carbonyl (C=O) groups is 2. The lowest BCUT2D eigenvalue weighted by molar-refractivity contribution is -0.135. The largest absolute Gasteiger partial charge is 0.480 e. The summed E-state index contributed by atoms with van der Waals surface area (Å²) in [7, 11) is 0. The molecule has 0 bridgehead atoms. The van der Waals surface area contributed by atoms with Crippen LogP contribution in [0.2, 0.25) is 0 Å². The van der Waals surface area contributed by atoms with Gasteiger partial charge in [-0.25, -0.2) is 0 Å². The second-order valence-electron chi connectivity index (χ2n) is 4.33. The van der Waals surface area contributed by atoms with Crippen molar-refractivity contribution in [2.24, 2.45) is 22.7 Å². The molecule has 0 heterocycles. The van der Waals surface area contributed by atoms with Crippen LogP contribution in [0.4, 0.5) is 13.2 Å². The van der Waals surface area contributed by atoms with E-state index in [2.05, 4.69) is 4.99 Å². The minimum Gasteiger partial charge on any atom is -0.480 e. The first-order valence-corrected chi connectivity index (χ1v) is 5.19. The molecule has 3 unspecified atom stereocenters. The van der Waals surface area contributed by atoms with Crippen LogP contribution < -0.4 is 0 Å². The molecule has 18 heavy (non-hydrogen) atoms. The average Bonchev–Trinajstić information content (AvgIpc) is 2.95. The lowest BCUT2D eigenvalue weighted by Gasteiger charge is -2.17. The normalized spacial score (nSPS) is 31.5. The van der Waals surface area contributed by atoms with Gasteiger partial charge in [0.15, 0.2) is 5.78 Å². The van der Waals surface area contributed by atoms with Crippen LogP contribution in [0.15, 0.2) is 4.99 Å². The summed E-state index contributed by atoms with van der Waals surface area (Å²) in [5, 5.41) is 15.9. The van der Waals surface area contributed by atoms with Crippen molar-refractivity contribution in [3.8, 4) is 0 Å². The molecule has 0 radical (unpaired) electrons. The molecule has 2 aliphatic rings. The lowest BCUT2D eigenvalue weighted by Crippen LogP contribution is -2.38. The van der Waals surface area contributed by atoms with Gasteiger partial charge in [-0.15, -0.1) is 0 Å². The zero-order valence-corrected chi connectivity index (χ0v) is 8.99. The number of nitrogens with one attached hydrogen (secondary N) is 1. The van der Waals surface area contributed by atoms with E-state index in [-0.39, 0.29) is 5.71 Å². The van der Waals surface area contributed by atoms with Crippen LogP contribution in [0.5, 0.6) is 0 Å². The summed E-state index contributed by atoms with van der Waals surface area (Å²) in [4.78, 5) is 24.9. The number of aliphatic imine (C=N–C) groups is 1. The van der Waals surface area contributed by atoms with Gasteiger partial charge in [0.25, 0.3) is 0 Å². The number of carboxylic acids is 1. The van der Waals surface area contributed by atoms with Crippen LogP contribution in [0.3, 0.4) is 0 Å². The third-order valence-corrected chi connectivity index (χ3v) is 3.10. The van der Waals surface area contributed by atoms with Gasteiger partial charge in [-0.1, -0.05) is 0 Å². The van der Waals surface area contributed by atoms with Gasteiger partial charge < -0.3 is 10.5 Å². The number of nitrogens with zero attached hydrogens (tertiary/aromatic N) is 1. The van der Waals surface area contributed by atoms with Crippen LogP contribution >= 0.6 is 0 Å². The number of hydrogen-bond donors (Lipinski definition) is 2. The standard InChI is InChI=1S/C10H9F3N2O3/c11-10(12,13)9(15-2-5(16)17)6-7(14)3-1-4(3)8(6)18/h3-4,6,14H,1-2H2,(H,16,17). The summed E-state index contributed by atoms with van der Waals surface area (Å²) in [6.07, 6.45) is -4.46. The number of carbonyl (C=O) groups excluding carboxylic acids is 1. The first kappa shape index (κ1) is 12.7. The molecule has 98 valence electrons. The summed E-state index contributed by atoms with van der Waals surface area (Å²) in [5.41, 5.74) is -1.74. The van der Waals surface area contributed by atoms with Gasteiger partial charge in [0, 0.05) is 17.5 Å².